The normalized spacial score (nSPS) is 15.0. The first-order chi connectivity index (χ1) is 29.7. The predicted octanol–water partition coefficient (Wildman–Crippen LogP) is 8.34. The minimum absolute atomic E-state index is 0.0156. The summed E-state index contributed by atoms with van der Waals surface area (Å²) < 4.78 is 30.9. The molecular formula is C44H70BBrN10O6Si2. The van der Waals surface area contributed by atoms with Gasteiger partial charge in [0.1, 0.15) is 13.5 Å². The second kappa shape index (κ2) is 20.3. The number of fused-ring (bicyclic) bond motifs is 2. The van der Waals surface area contributed by atoms with Crippen molar-refractivity contribution in [3.05, 3.63) is 84.9 Å². The van der Waals surface area contributed by atoms with E-state index >= 15 is 0 Å². The molecule has 1 aliphatic rings. The third kappa shape index (κ3) is 12.5. The third-order valence-corrected chi connectivity index (χ3v) is 15.4. The molecule has 0 atom stereocenters. The number of aromatic amines is 2. The number of aryl methyl sites for hydroxylation is 2. The monoisotopic (exact) mass is 980 g/mol. The highest BCUT2D eigenvalue weighted by Gasteiger charge is 2.52. The van der Waals surface area contributed by atoms with E-state index < -0.39 is 16.1 Å². The van der Waals surface area contributed by atoms with Crippen molar-refractivity contribution >= 4 is 56.0 Å². The summed E-state index contributed by atoms with van der Waals surface area (Å²) in [4.78, 5) is 33.9. The van der Waals surface area contributed by atoms with Gasteiger partial charge in [-0.2, -0.15) is 10.2 Å². The molecule has 6 aromatic rings. The minimum Gasteiger partial charge on any atom is -0.399 e. The molecule has 0 unspecified atom stereocenters. The number of aromatic nitrogens is 10. The lowest BCUT2D eigenvalue weighted by atomic mass is 9.82. The molecular weight excluding hydrogens is 911 g/mol. The first-order valence-electron chi connectivity index (χ1n) is 22.1. The van der Waals surface area contributed by atoms with E-state index in [9.17, 15) is 9.59 Å². The Hall–Kier alpha value is -3.92. The molecule has 1 fully saturated rings. The van der Waals surface area contributed by atoms with E-state index in [2.05, 4.69) is 113 Å². The van der Waals surface area contributed by atoms with Crippen molar-refractivity contribution in [1.29, 1.82) is 0 Å². The van der Waals surface area contributed by atoms with Gasteiger partial charge in [-0.05, 0) is 81.4 Å². The van der Waals surface area contributed by atoms with Crippen LogP contribution in [0.1, 0.15) is 89.7 Å². The SMILES string of the molecule is CC1(C)OB(c2cnn(COCC[Si](C)(C)C)c2)OC1(C)C.Cc1nc2c(-c3cnn(COCC[Si](C)(C)C)c3)c[nH]n2c(=O)c1C(C)C.Cc1nc2c(Br)c[nH]n2c(=O)c1C(C)C. The molecule has 6 aromatic heterocycles. The van der Waals surface area contributed by atoms with E-state index in [1.54, 1.807) is 34.2 Å². The molecule has 0 bridgehead atoms. The van der Waals surface area contributed by atoms with Crippen LogP contribution in [0.25, 0.3) is 22.4 Å². The summed E-state index contributed by atoms with van der Waals surface area (Å²) in [6.45, 7) is 36.5. The summed E-state index contributed by atoms with van der Waals surface area (Å²) in [6.07, 6.45) is 11.0. The van der Waals surface area contributed by atoms with Gasteiger partial charge < -0.3 is 18.8 Å². The minimum atomic E-state index is -1.09. The van der Waals surface area contributed by atoms with Crippen LogP contribution in [0.15, 0.2) is 51.2 Å². The fourth-order valence-electron chi connectivity index (χ4n) is 6.98. The molecule has 7 rings (SSSR count). The Balaban J connectivity index is 0.000000188. The van der Waals surface area contributed by atoms with Crippen molar-refractivity contribution in [2.24, 2.45) is 0 Å². The van der Waals surface area contributed by atoms with E-state index in [4.69, 9.17) is 18.8 Å². The average Bonchev–Trinajstić information content (AvgIpc) is 4.00. The van der Waals surface area contributed by atoms with Gasteiger partial charge in [-0.25, -0.2) is 28.4 Å². The molecule has 0 spiro atoms. The van der Waals surface area contributed by atoms with E-state index in [0.717, 1.165) is 62.8 Å². The third-order valence-electron chi connectivity index (χ3n) is 11.4. The summed E-state index contributed by atoms with van der Waals surface area (Å²) in [6, 6.07) is 2.30. The molecule has 350 valence electrons. The molecule has 1 aliphatic heterocycles. The highest BCUT2D eigenvalue weighted by molar-refractivity contribution is 9.10. The first-order valence-corrected chi connectivity index (χ1v) is 30.3. The van der Waals surface area contributed by atoms with Crippen molar-refractivity contribution in [3.63, 3.8) is 0 Å². The molecule has 0 aliphatic carbocycles. The fourth-order valence-corrected chi connectivity index (χ4v) is 8.86. The van der Waals surface area contributed by atoms with Gasteiger partial charge in [0.05, 0.1) is 21.9 Å². The van der Waals surface area contributed by atoms with E-state index in [0.29, 0.717) is 24.8 Å². The zero-order chi connectivity index (χ0) is 47.5. The lowest BCUT2D eigenvalue weighted by Crippen LogP contribution is -2.41. The van der Waals surface area contributed by atoms with Crippen molar-refractivity contribution in [3.8, 4) is 11.1 Å². The standard InChI is InChI=1S/C19H29N5O2Si.C15H29BN2O3Si.C10H12BrN3O/c1-13(2)17-14(3)22-18-16(10-21-24(18)19(17)25)15-9-20-23(11-15)12-26-7-8-27(4,5)6;1-14(2)15(3,4)21-16(20-14)13-10-17-18(11-13)12-19-8-9-22(5,6)7;1-5(2)8-6(3)13-9-7(11)4-12-14(9)10(8)15/h9-11,13,21H,7-8,12H2,1-6H3;10-11H,8-9,12H2,1-7H3;4-5,12H,1-3H3. The van der Waals surface area contributed by atoms with Crippen LogP contribution in [0.5, 0.6) is 0 Å². The second-order valence-corrected chi connectivity index (χ2v) is 32.7. The predicted molar refractivity (Wildman–Crippen MR) is 264 cm³/mol. The van der Waals surface area contributed by atoms with Gasteiger partial charge in [-0.15, -0.1) is 0 Å². The van der Waals surface area contributed by atoms with Crippen molar-refractivity contribution in [2.45, 2.75) is 157 Å². The van der Waals surface area contributed by atoms with E-state index in [1.807, 2.05) is 53.9 Å². The summed E-state index contributed by atoms with van der Waals surface area (Å²) in [5, 5.41) is 14.6. The molecule has 64 heavy (non-hydrogen) atoms. The van der Waals surface area contributed by atoms with Crippen LogP contribution in [-0.2, 0) is 32.2 Å². The molecule has 7 heterocycles. The Morgan fingerprint density at radius 2 is 1.17 bits per heavy atom. The van der Waals surface area contributed by atoms with Crippen LogP contribution in [0.4, 0.5) is 0 Å². The number of hydrogen-bond donors (Lipinski definition) is 2. The van der Waals surface area contributed by atoms with Crippen LogP contribution >= 0.6 is 15.9 Å². The molecule has 0 amide bonds. The number of H-pyrrole nitrogens is 2. The maximum absolute atomic E-state index is 12.8. The number of nitrogens with one attached hydrogen (secondary N) is 2. The quantitative estimate of drug-likeness (QED) is 0.0798. The van der Waals surface area contributed by atoms with Gasteiger partial charge in [0, 0.05) is 99.5 Å². The van der Waals surface area contributed by atoms with Crippen molar-refractivity contribution < 1.29 is 18.8 Å². The van der Waals surface area contributed by atoms with E-state index in [-0.39, 0.29) is 41.3 Å². The molecule has 2 N–H and O–H groups in total. The Bertz CT molecular complexity index is 2610. The zero-order valence-corrected chi connectivity index (χ0v) is 44.4. The van der Waals surface area contributed by atoms with Gasteiger partial charge >= 0.3 is 7.12 Å². The van der Waals surface area contributed by atoms with Crippen molar-refractivity contribution in [2.75, 3.05) is 13.2 Å². The molecule has 0 saturated carbocycles. The van der Waals surface area contributed by atoms with Gasteiger partial charge in [-0.3, -0.25) is 19.8 Å². The smallest absolute Gasteiger partial charge is 0.399 e. The number of hydrogen-bond acceptors (Lipinski definition) is 10. The van der Waals surface area contributed by atoms with E-state index in [1.165, 1.54) is 15.1 Å². The molecule has 16 nitrogen and oxygen atoms in total. The largest absolute Gasteiger partial charge is 0.498 e. The van der Waals surface area contributed by atoms with Crippen molar-refractivity contribution in [1.82, 2.24) is 48.8 Å². The molecule has 0 radical (unpaired) electrons. The highest BCUT2D eigenvalue weighted by atomic mass is 79.9. The van der Waals surface area contributed by atoms with Crippen LogP contribution in [0.2, 0.25) is 51.4 Å². The summed E-state index contributed by atoms with van der Waals surface area (Å²) in [5.41, 5.74) is 6.35. The Labute approximate surface area is 388 Å². The van der Waals surface area contributed by atoms with Crippen LogP contribution < -0.4 is 16.6 Å². The van der Waals surface area contributed by atoms with Crippen LogP contribution in [0.3, 0.4) is 0 Å². The van der Waals surface area contributed by atoms with Gasteiger partial charge in [-0.1, -0.05) is 67.0 Å². The maximum atomic E-state index is 12.8. The lowest BCUT2D eigenvalue weighted by molar-refractivity contribution is 0.00578. The number of rotatable bonds is 14. The van der Waals surface area contributed by atoms with Gasteiger partial charge in [0.2, 0.25) is 0 Å². The summed E-state index contributed by atoms with van der Waals surface area (Å²) in [5.74, 6) is 0.314. The Morgan fingerprint density at radius 3 is 1.67 bits per heavy atom. The fraction of sp³-hybridized carbons (Fsp3) is 0.591. The first kappa shape index (κ1) is 51.1. The average molecular weight is 982 g/mol. The zero-order valence-electron chi connectivity index (χ0n) is 40.8. The highest BCUT2D eigenvalue weighted by Crippen LogP contribution is 2.36. The number of nitrogens with zero attached hydrogens (tertiary/aromatic N) is 8. The molecule has 1 saturated heterocycles. The van der Waals surface area contributed by atoms with Crippen LogP contribution in [0, 0.1) is 13.8 Å². The Kier molecular flexibility index (Phi) is 16.2. The van der Waals surface area contributed by atoms with Gasteiger partial charge in [0.15, 0.2) is 11.3 Å². The van der Waals surface area contributed by atoms with Gasteiger partial charge in [0.25, 0.3) is 11.1 Å². The Morgan fingerprint density at radius 1 is 0.719 bits per heavy atom. The summed E-state index contributed by atoms with van der Waals surface area (Å²) >= 11 is 3.34. The molecule has 0 aromatic carbocycles. The summed E-state index contributed by atoms with van der Waals surface area (Å²) in [7, 11) is -2.49. The second-order valence-electron chi connectivity index (χ2n) is 20.6. The topological polar surface area (TPSA) is 173 Å². The molecule has 20 heteroatoms. The number of halogens is 1. The number of ether oxygens (including phenoxy) is 2. The maximum Gasteiger partial charge on any atom is 0.498 e. The lowest BCUT2D eigenvalue weighted by Gasteiger charge is -2.32. The van der Waals surface area contributed by atoms with Crippen LogP contribution in [-0.4, -0.2) is 96.4 Å².